The highest BCUT2D eigenvalue weighted by atomic mass is 16.2. The van der Waals surface area contributed by atoms with Crippen LogP contribution in [0.2, 0.25) is 0 Å². The zero-order chi connectivity index (χ0) is 23.6. The zero-order valence-corrected chi connectivity index (χ0v) is 19.8. The summed E-state index contributed by atoms with van der Waals surface area (Å²) >= 11 is 0. The summed E-state index contributed by atoms with van der Waals surface area (Å²) in [7, 11) is 0. The second kappa shape index (κ2) is 7.89. The second-order valence-corrected chi connectivity index (χ2v) is 10.3. The average molecular weight is 450 g/mol. The Morgan fingerprint density at radius 3 is 2.09 bits per heavy atom. The van der Waals surface area contributed by atoms with Crippen molar-refractivity contribution in [1.82, 2.24) is 14.1 Å². The van der Waals surface area contributed by atoms with Crippen molar-refractivity contribution in [2.75, 3.05) is 0 Å². The van der Waals surface area contributed by atoms with E-state index in [2.05, 4.69) is 4.98 Å². The van der Waals surface area contributed by atoms with Crippen molar-refractivity contribution in [3.05, 3.63) is 49.3 Å². The SMILES string of the molecule is CCC(C)Cn1c(=O)c2c3c(cnc2n(CC(C)CC)c1=O)C(=O)C1=C(C3=O)C2CCC1C2. The number of allylic oxidation sites excluding steroid dienone is 2. The summed E-state index contributed by atoms with van der Waals surface area (Å²) in [5, 5.41) is 0.131. The number of fused-ring (bicyclic) bond motifs is 7. The van der Waals surface area contributed by atoms with Crippen LogP contribution in [0.25, 0.3) is 11.0 Å². The number of carbonyl (C=O) groups excluding carboxylic acids is 2. The van der Waals surface area contributed by atoms with E-state index in [0.717, 1.165) is 32.1 Å². The summed E-state index contributed by atoms with van der Waals surface area (Å²) in [5.74, 6) is 0.192. The Balaban J connectivity index is 1.82. The minimum Gasteiger partial charge on any atom is -0.289 e. The third kappa shape index (κ3) is 3.11. The third-order valence-corrected chi connectivity index (χ3v) is 8.12. The van der Waals surface area contributed by atoms with Crippen molar-refractivity contribution < 1.29 is 9.59 Å². The van der Waals surface area contributed by atoms with Crippen LogP contribution >= 0.6 is 0 Å². The Hall–Kier alpha value is -2.83. The van der Waals surface area contributed by atoms with Gasteiger partial charge >= 0.3 is 5.69 Å². The molecule has 2 heterocycles. The van der Waals surface area contributed by atoms with Crippen molar-refractivity contribution in [2.45, 2.75) is 72.9 Å². The van der Waals surface area contributed by atoms with Crippen molar-refractivity contribution in [3.8, 4) is 0 Å². The van der Waals surface area contributed by atoms with Crippen LogP contribution in [0.15, 0.2) is 26.9 Å². The van der Waals surface area contributed by atoms with Gasteiger partial charge in [-0.15, -0.1) is 0 Å². The summed E-state index contributed by atoms with van der Waals surface area (Å²) in [6.07, 6.45) is 5.79. The molecule has 2 bridgehead atoms. The normalized spacial score (nSPS) is 23.3. The lowest BCUT2D eigenvalue weighted by molar-refractivity contribution is 0.0963. The molecule has 0 aliphatic heterocycles. The number of hydrogen-bond donors (Lipinski definition) is 0. The predicted octanol–water partition coefficient (Wildman–Crippen LogP) is 3.76. The quantitative estimate of drug-likeness (QED) is 0.670. The Bertz CT molecular complexity index is 1350. The first kappa shape index (κ1) is 22.0. The highest BCUT2D eigenvalue weighted by Crippen LogP contribution is 2.52. The molecule has 174 valence electrons. The van der Waals surface area contributed by atoms with Crippen LogP contribution in [-0.4, -0.2) is 25.7 Å². The first-order chi connectivity index (χ1) is 15.8. The number of ketones is 2. The molecule has 0 saturated heterocycles. The smallest absolute Gasteiger partial charge is 0.289 e. The standard InChI is InChI=1S/C26H31N3O4/c1-5-13(3)11-28-24-21(25(32)29(26(28)33)12-14(4)6-2)20-17(10-27-24)22(30)18-15-7-8-16(9-15)19(18)23(20)31/h10,13-16H,5-9,11-12H2,1-4H3. The maximum Gasteiger partial charge on any atom is 0.332 e. The van der Waals surface area contributed by atoms with Gasteiger partial charge in [0, 0.05) is 30.4 Å². The lowest BCUT2D eigenvalue weighted by atomic mass is 9.77. The molecule has 33 heavy (non-hydrogen) atoms. The van der Waals surface area contributed by atoms with Gasteiger partial charge in [-0.05, 0) is 42.9 Å². The fourth-order valence-electron chi connectivity index (χ4n) is 5.82. The van der Waals surface area contributed by atoms with E-state index in [1.54, 1.807) is 0 Å². The van der Waals surface area contributed by atoms with Gasteiger partial charge in [-0.1, -0.05) is 40.5 Å². The van der Waals surface area contributed by atoms with Crippen LogP contribution in [-0.2, 0) is 13.1 Å². The molecule has 0 aromatic carbocycles. The van der Waals surface area contributed by atoms with Gasteiger partial charge in [0.25, 0.3) is 5.56 Å². The summed E-state index contributed by atoms with van der Waals surface area (Å²) in [6, 6.07) is 0. The molecule has 1 saturated carbocycles. The van der Waals surface area contributed by atoms with Crippen LogP contribution in [0, 0.1) is 23.7 Å². The van der Waals surface area contributed by atoms with Crippen molar-refractivity contribution >= 4 is 22.6 Å². The lowest BCUT2D eigenvalue weighted by Gasteiger charge is -2.25. The van der Waals surface area contributed by atoms with Crippen molar-refractivity contribution in [3.63, 3.8) is 0 Å². The van der Waals surface area contributed by atoms with Crippen LogP contribution in [0.5, 0.6) is 0 Å². The fourth-order valence-corrected chi connectivity index (χ4v) is 5.82. The molecule has 0 amide bonds. The Morgan fingerprint density at radius 2 is 1.48 bits per heavy atom. The highest BCUT2D eigenvalue weighted by Gasteiger charge is 2.49. The molecule has 5 rings (SSSR count). The summed E-state index contributed by atoms with van der Waals surface area (Å²) in [6.45, 7) is 8.78. The summed E-state index contributed by atoms with van der Waals surface area (Å²) in [5.41, 5.74) is 0.972. The van der Waals surface area contributed by atoms with E-state index in [4.69, 9.17) is 0 Å². The molecule has 2 aromatic rings. The number of hydrogen-bond acceptors (Lipinski definition) is 5. The molecular formula is C26H31N3O4. The Labute approximate surface area is 192 Å². The molecule has 3 aliphatic carbocycles. The van der Waals surface area contributed by atoms with Gasteiger partial charge in [0.05, 0.1) is 16.5 Å². The lowest BCUT2D eigenvalue weighted by Crippen LogP contribution is -2.43. The molecule has 4 unspecified atom stereocenters. The van der Waals surface area contributed by atoms with Crippen molar-refractivity contribution in [2.24, 2.45) is 23.7 Å². The minimum atomic E-state index is -0.506. The number of rotatable bonds is 6. The average Bonchev–Trinajstić information content (AvgIpc) is 3.44. The fraction of sp³-hybridized carbons (Fsp3) is 0.577. The number of aromatic nitrogens is 3. The van der Waals surface area contributed by atoms with E-state index in [0.29, 0.717) is 17.7 Å². The van der Waals surface area contributed by atoms with Crippen LogP contribution in [0.3, 0.4) is 0 Å². The molecule has 2 aromatic heterocycles. The molecule has 4 atom stereocenters. The van der Waals surface area contributed by atoms with Crippen molar-refractivity contribution in [1.29, 1.82) is 0 Å². The van der Waals surface area contributed by atoms with Gasteiger partial charge in [-0.25, -0.2) is 9.78 Å². The number of nitrogens with zero attached hydrogens (tertiary/aromatic N) is 3. The summed E-state index contributed by atoms with van der Waals surface area (Å²) in [4.78, 5) is 58.8. The number of carbonyl (C=O) groups is 2. The highest BCUT2D eigenvalue weighted by molar-refractivity contribution is 6.31. The predicted molar refractivity (Wildman–Crippen MR) is 126 cm³/mol. The monoisotopic (exact) mass is 449 g/mol. The van der Waals surface area contributed by atoms with E-state index in [9.17, 15) is 19.2 Å². The number of Topliss-reactive ketones (excluding diaryl/α,β-unsaturated/α-hetero) is 2. The molecule has 7 nitrogen and oxygen atoms in total. The maximum absolute atomic E-state index is 13.8. The largest absolute Gasteiger partial charge is 0.332 e. The molecule has 0 radical (unpaired) electrons. The van der Waals surface area contributed by atoms with Crippen LogP contribution in [0.4, 0.5) is 0 Å². The molecule has 7 heteroatoms. The van der Waals surface area contributed by atoms with Gasteiger partial charge in [0.1, 0.15) is 5.65 Å². The molecular weight excluding hydrogens is 418 g/mol. The topological polar surface area (TPSA) is 91.0 Å². The second-order valence-electron chi connectivity index (χ2n) is 10.3. The molecule has 3 aliphatic rings. The van der Waals surface area contributed by atoms with Crippen LogP contribution < -0.4 is 11.2 Å². The van der Waals surface area contributed by atoms with Crippen LogP contribution in [0.1, 0.15) is 80.5 Å². The Morgan fingerprint density at radius 1 is 0.909 bits per heavy atom. The minimum absolute atomic E-state index is 0.103. The first-order valence-corrected chi connectivity index (χ1v) is 12.3. The zero-order valence-electron chi connectivity index (χ0n) is 19.8. The first-order valence-electron chi connectivity index (χ1n) is 12.3. The van der Waals surface area contributed by atoms with E-state index >= 15 is 0 Å². The molecule has 0 spiro atoms. The van der Waals surface area contributed by atoms with Gasteiger partial charge < -0.3 is 0 Å². The van der Waals surface area contributed by atoms with E-state index in [1.165, 1.54) is 15.3 Å². The van der Waals surface area contributed by atoms with E-state index < -0.39 is 11.2 Å². The molecule has 0 N–H and O–H groups in total. The number of pyridine rings is 1. The van der Waals surface area contributed by atoms with Gasteiger partial charge in [-0.3, -0.25) is 23.5 Å². The van der Waals surface area contributed by atoms with Gasteiger partial charge in [-0.2, -0.15) is 0 Å². The third-order valence-electron chi connectivity index (χ3n) is 8.12. The van der Waals surface area contributed by atoms with E-state index in [-0.39, 0.29) is 63.9 Å². The maximum atomic E-state index is 13.8. The summed E-state index contributed by atoms with van der Waals surface area (Å²) < 4.78 is 2.79. The van der Waals surface area contributed by atoms with E-state index in [1.807, 2.05) is 27.7 Å². The van der Waals surface area contributed by atoms with Gasteiger partial charge in [0.2, 0.25) is 0 Å². The molecule has 1 fully saturated rings. The van der Waals surface area contributed by atoms with Gasteiger partial charge in [0.15, 0.2) is 11.6 Å². The Kier molecular flexibility index (Phi) is 5.26.